The molecule has 0 aliphatic carbocycles. The van der Waals surface area contributed by atoms with Crippen molar-refractivity contribution in [1.29, 1.82) is 0 Å². The van der Waals surface area contributed by atoms with E-state index in [0.29, 0.717) is 28.2 Å². The first-order valence-electron chi connectivity index (χ1n) is 8.65. The van der Waals surface area contributed by atoms with Crippen molar-refractivity contribution in [1.82, 2.24) is 14.7 Å². The molecule has 1 fully saturated rings. The van der Waals surface area contributed by atoms with Crippen LogP contribution in [0.3, 0.4) is 0 Å². The molecule has 7 heteroatoms. The number of carbonyl (C=O) groups is 1. The SMILES string of the molecule is Cc1ccc(C2CSCCN2C(=O)Cc2c(C)nn(C(F)F)c2C)cc1. The normalized spacial score (nSPS) is 17.8. The quantitative estimate of drug-likeness (QED) is 0.804. The fraction of sp³-hybridized carbons (Fsp3) is 0.474. The number of alkyl halides is 2. The van der Waals surface area contributed by atoms with E-state index in [-0.39, 0.29) is 18.4 Å². The Bertz CT molecular complexity index is 789. The number of aromatic nitrogens is 2. The lowest BCUT2D eigenvalue weighted by atomic mass is 10.0. The molecular formula is C19H23F2N3OS. The number of rotatable bonds is 4. The lowest BCUT2D eigenvalue weighted by Crippen LogP contribution is -2.41. The molecule has 26 heavy (non-hydrogen) atoms. The van der Waals surface area contributed by atoms with Crippen molar-refractivity contribution in [3.8, 4) is 0 Å². The van der Waals surface area contributed by atoms with E-state index in [1.807, 2.05) is 23.6 Å². The van der Waals surface area contributed by atoms with Gasteiger partial charge in [-0.25, -0.2) is 4.68 Å². The highest BCUT2D eigenvalue weighted by molar-refractivity contribution is 7.99. The zero-order chi connectivity index (χ0) is 18.8. The molecule has 0 radical (unpaired) electrons. The maximum atomic E-state index is 13.0. The van der Waals surface area contributed by atoms with E-state index in [9.17, 15) is 13.6 Å². The predicted octanol–water partition coefficient (Wildman–Crippen LogP) is 4.06. The molecule has 1 amide bonds. The van der Waals surface area contributed by atoms with Crippen LogP contribution >= 0.6 is 11.8 Å². The first-order valence-corrected chi connectivity index (χ1v) is 9.80. The fourth-order valence-corrected chi connectivity index (χ4v) is 4.45. The smallest absolute Gasteiger partial charge is 0.333 e. The van der Waals surface area contributed by atoms with Crippen LogP contribution in [0.25, 0.3) is 0 Å². The Kier molecular flexibility index (Phi) is 5.65. The Morgan fingerprint density at radius 1 is 1.27 bits per heavy atom. The lowest BCUT2D eigenvalue weighted by Gasteiger charge is -2.36. The topological polar surface area (TPSA) is 38.1 Å². The summed E-state index contributed by atoms with van der Waals surface area (Å²) in [5.41, 5.74) is 3.77. The molecule has 2 aromatic rings. The number of aryl methyl sites for hydroxylation is 2. The summed E-state index contributed by atoms with van der Waals surface area (Å²) >= 11 is 1.83. The minimum Gasteiger partial charge on any atom is -0.334 e. The second-order valence-corrected chi connectivity index (χ2v) is 7.79. The molecule has 2 heterocycles. The highest BCUT2D eigenvalue weighted by Crippen LogP contribution is 2.31. The Labute approximate surface area is 156 Å². The maximum absolute atomic E-state index is 13.0. The number of halogens is 2. The molecule has 0 bridgehead atoms. The van der Waals surface area contributed by atoms with E-state index in [2.05, 4.69) is 29.4 Å². The first kappa shape index (κ1) is 18.9. The van der Waals surface area contributed by atoms with Gasteiger partial charge in [-0.3, -0.25) is 4.79 Å². The van der Waals surface area contributed by atoms with Crippen LogP contribution in [0.5, 0.6) is 0 Å². The molecular weight excluding hydrogens is 356 g/mol. The zero-order valence-corrected chi connectivity index (χ0v) is 16.0. The van der Waals surface area contributed by atoms with Crippen LogP contribution in [0, 0.1) is 20.8 Å². The number of hydrogen-bond donors (Lipinski definition) is 0. The molecule has 4 nitrogen and oxygen atoms in total. The monoisotopic (exact) mass is 379 g/mol. The van der Waals surface area contributed by atoms with Gasteiger partial charge in [0.05, 0.1) is 18.2 Å². The summed E-state index contributed by atoms with van der Waals surface area (Å²) < 4.78 is 26.8. The van der Waals surface area contributed by atoms with Crippen molar-refractivity contribution < 1.29 is 13.6 Å². The van der Waals surface area contributed by atoms with Gasteiger partial charge in [-0.05, 0) is 26.3 Å². The van der Waals surface area contributed by atoms with Gasteiger partial charge in [0.2, 0.25) is 5.91 Å². The number of hydrogen-bond acceptors (Lipinski definition) is 3. The van der Waals surface area contributed by atoms with Crippen molar-refractivity contribution in [2.24, 2.45) is 0 Å². The molecule has 1 saturated heterocycles. The Balaban J connectivity index is 1.82. The molecule has 3 rings (SSSR count). The van der Waals surface area contributed by atoms with E-state index in [1.54, 1.807) is 13.8 Å². The number of carbonyl (C=O) groups excluding carboxylic acids is 1. The van der Waals surface area contributed by atoms with Crippen LogP contribution < -0.4 is 0 Å². The second kappa shape index (κ2) is 7.78. The van der Waals surface area contributed by atoms with Gasteiger partial charge < -0.3 is 4.90 Å². The van der Waals surface area contributed by atoms with Crippen molar-refractivity contribution in [3.63, 3.8) is 0 Å². The summed E-state index contributed by atoms with van der Waals surface area (Å²) in [6.07, 6.45) is 0.109. The summed E-state index contributed by atoms with van der Waals surface area (Å²) in [5, 5.41) is 3.89. The van der Waals surface area contributed by atoms with Gasteiger partial charge in [-0.2, -0.15) is 25.6 Å². The van der Waals surface area contributed by atoms with E-state index >= 15 is 0 Å². The Morgan fingerprint density at radius 2 is 1.96 bits per heavy atom. The molecule has 1 aliphatic rings. The highest BCUT2D eigenvalue weighted by atomic mass is 32.2. The van der Waals surface area contributed by atoms with E-state index in [1.165, 1.54) is 5.56 Å². The maximum Gasteiger partial charge on any atom is 0.333 e. The van der Waals surface area contributed by atoms with Gasteiger partial charge in [0, 0.05) is 29.3 Å². The molecule has 1 aliphatic heterocycles. The first-order chi connectivity index (χ1) is 12.4. The minimum atomic E-state index is -2.69. The van der Waals surface area contributed by atoms with Crippen molar-refractivity contribution >= 4 is 17.7 Å². The third kappa shape index (κ3) is 3.77. The Hall–Kier alpha value is -1.89. The van der Waals surface area contributed by atoms with Crippen molar-refractivity contribution in [2.75, 3.05) is 18.1 Å². The predicted molar refractivity (Wildman–Crippen MR) is 99.6 cm³/mol. The van der Waals surface area contributed by atoms with Gasteiger partial charge >= 0.3 is 6.55 Å². The number of benzene rings is 1. The van der Waals surface area contributed by atoms with Gasteiger partial charge in [0.1, 0.15) is 0 Å². The number of amides is 1. The molecule has 1 atom stereocenters. The summed E-state index contributed by atoms with van der Waals surface area (Å²) in [6.45, 7) is 3.29. The number of nitrogens with zero attached hydrogens (tertiary/aromatic N) is 3. The molecule has 0 saturated carbocycles. The standard InChI is InChI=1S/C19H23F2N3OS/c1-12-4-6-15(7-5-12)17-11-26-9-8-23(17)18(25)10-16-13(2)22-24(14(16)3)19(20)21/h4-7,17,19H,8-11H2,1-3H3. The Morgan fingerprint density at radius 3 is 2.58 bits per heavy atom. The van der Waals surface area contributed by atoms with Gasteiger partial charge in [-0.1, -0.05) is 29.8 Å². The summed E-state index contributed by atoms with van der Waals surface area (Å²) in [7, 11) is 0. The van der Waals surface area contributed by atoms with Crippen LogP contribution in [-0.2, 0) is 11.2 Å². The van der Waals surface area contributed by atoms with Crippen LogP contribution in [0.4, 0.5) is 8.78 Å². The van der Waals surface area contributed by atoms with Crippen LogP contribution in [-0.4, -0.2) is 38.6 Å². The zero-order valence-electron chi connectivity index (χ0n) is 15.2. The summed E-state index contributed by atoms with van der Waals surface area (Å²) in [6, 6.07) is 8.26. The highest BCUT2D eigenvalue weighted by Gasteiger charge is 2.29. The molecule has 0 N–H and O–H groups in total. The van der Waals surface area contributed by atoms with Gasteiger partial charge in [-0.15, -0.1) is 0 Å². The molecule has 1 aromatic carbocycles. The average Bonchev–Trinajstić information content (AvgIpc) is 2.91. The minimum absolute atomic E-state index is 0.0209. The van der Waals surface area contributed by atoms with Crippen LogP contribution in [0.2, 0.25) is 0 Å². The number of thioether (sulfide) groups is 1. The van der Waals surface area contributed by atoms with E-state index in [0.717, 1.165) is 17.1 Å². The van der Waals surface area contributed by atoms with Crippen molar-refractivity contribution in [2.45, 2.75) is 39.8 Å². The van der Waals surface area contributed by atoms with Gasteiger partial charge in [0.25, 0.3) is 0 Å². The van der Waals surface area contributed by atoms with E-state index in [4.69, 9.17) is 0 Å². The largest absolute Gasteiger partial charge is 0.334 e. The van der Waals surface area contributed by atoms with Gasteiger partial charge in [0.15, 0.2) is 0 Å². The molecule has 1 unspecified atom stereocenters. The average molecular weight is 379 g/mol. The van der Waals surface area contributed by atoms with Crippen LogP contribution in [0.15, 0.2) is 24.3 Å². The lowest BCUT2D eigenvalue weighted by molar-refractivity contribution is -0.132. The third-order valence-electron chi connectivity index (χ3n) is 4.90. The molecule has 1 aromatic heterocycles. The van der Waals surface area contributed by atoms with Crippen molar-refractivity contribution in [3.05, 3.63) is 52.3 Å². The van der Waals surface area contributed by atoms with Crippen LogP contribution in [0.1, 0.15) is 40.7 Å². The summed E-state index contributed by atoms with van der Waals surface area (Å²) in [5.74, 6) is 1.71. The molecule has 140 valence electrons. The second-order valence-electron chi connectivity index (χ2n) is 6.64. The third-order valence-corrected chi connectivity index (χ3v) is 5.92. The summed E-state index contributed by atoms with van der Waals surface area (Å²) in [4.78, 5) is 14.9. The fourth-order valence-electron chi connectivity index (χ4n) is 3.36. The van der Waals surface area contributed by atoms with E-state index < -0.39 is 6.55 Å². The molecule has 0 spiro atoms.